The molecule has 0 aliphatic carbocycles. The van der Waals surface area contributed by atoms with Gasteiger partial charge in [-0.1, -0.05) is 0 Å². The van der Waals surface area contributed by atoms with Gasteiger partial charge in [0, 0.05) is 5.95 Å². The van der Waals surface area contributed by atoms with Crippen LogP contribution in [0.1, 0.15) is 6.92 Å². The van der Waals surface area contributed by atoms with Crippen LogP contribution in [0.4, 0.5) is 30.7 Å². The van der Waals surface area contributed by atoms with Crippen molar-refractivity contribution in [2.75, 3.05) is 0 Å². The summed E-state index contributed by atoms with van der Waals surface area (Å²) >= 11 is 0. The van der Waals surface area contributed by atoms with E-state index < -0.39 is 29.7 Å². The molecule has 0 aromatic heterocycles. The van der Waals surface area contributed by atoms with Crippen molar-refractivity contribution in [2.45, 2.75) is 13.1 Å². The van der Waals surface area contributed by atoms with E-state index in [9.17, 15) is 30.7 Å². The molecule has 0 spiro atoms. The predicted molar refractivity (Wildman–Crippen MR) is 38.9 cm³/mol. The molecule has 0 aliphatic rings. The second-order valence-corrected chi connectivity index (χ2v) is 1.97. The number of rotatable bonds is 0. The van der Waals surface area contributed by atoms with Gasteiger partial charge in [-0.25, -0.2) is 17.6 Å². The van der Waals surface area contributed by atoms with Crippen molar-refractivity contribution in [3.63, 3.8) is 0 Å². The second kappa shape index (κ2) is 15.1. The van der Waals surface area contributed by atoms with Gasteiger partial charge in [-0.3, -0.25) is 0 Å². The minimum atomic E-state index is -5.37. The molecule has 0 aromatic carbocycles. The number of hydrogen-bond donors (Lipinski definition) is 0. The Labute approximate surface area is 80.0 Å². The second-order valence-electron chi connectivity index (χ2n) is 1.97. The molecular formula is C6H5F7N2Rf6-2. The van der Waals surface area contributed by atoms with Crippen molar-refractivity contribution in [2.24, 2.45) is 0 Å². The summed E-state index contributed by atoms with van der Waals surface area (Å²) in [7, 11) is 0. The molecule has 0 radical (unpaired) electrons. The first-order valence-corrected chi connectivity index (χ1v) is 3.07. The number of nitrogens with one attached hydrogen (secondary N) is 2. The summed E-state index contributed by atoms with van der Waals surface area (Å²) < 4.78 is 77.1. The molecule has 2 nitrogen and oxygen atoms in total. The predicted octanol–water partition coefficient (Wildman–Crippen LogP) is 4.88. The third-order valence-electron chi connectivity index (χ3n) is 0.744. The summed E-state index contributed by atoms with van der Waals surface area (Å²) in [5.74, 6) is -8.16. The Bertz CT molecular complexity index is 261. The molecule has 0 rings (SSSR count). The maximum atomic E-state index is 11.2. The first-order valence-electron chi connectivity index (χ1n) is 3.07. The van der Waals surface area contributed by atoms with Crippen molar-refractivity contribution in [1.29, 1.82) is 0 Å². The van der Waals surface area contributed by atoms with Gasteiger partial charge in [0.15, 0.2) is 0 Å². The standard InChI is InChI=1S/C3HF5N.C3H4F2N.6Rf/c4-1(2(5)9)3(6,7)8;1-2(4)3(5)6;;;;;;/h9H;6H,1H3;;;;;;/q2*-1;;;;;;/b2-1-;3-2+;;;;;;. The minimum Gasteiger partial charge on any atom is -0.672 e. The first-order chi connectivity index (χ1) is 6.50. The minimum absolute atomic E-state index is 0. The molecule has 0 saturated carbocycles. The fraction of sp³-hybridized carbons (Fsp3) is 0.333. The topological polar surface area (TPSA) is 47.6 Å². The van der Waals surface area contributed by atoms with Crippen LogP contribution in [0.5, 0.6) is 0 Å². The molecule has 0 amide bonds. The molecule has 0 saturated heterocycles. The van der Waals surface area contributed by atoms with Crippen molar-refractivity contribution in [1.82, 2.24) is 0 Å². The van der Waals surface area contributed by atoms with Gasteiger partial charge in [-0.05, 0) is 6.92 Å². The van der Waals surface area contributed by atoms with Crippen molar-refractivity contribution < 1.29 is 30.7 Å². The Morgan fingerprint density at radius 3 is 0.857 bits per heavy atom. The largest absolute Gasteiger partial charge is 0.672 e. The van der Waals surface area contributed by atoms with Gasteiger partial charge in [0.1, 0.15) is 5.83 Å². The third-order valence-corrected chi connectivity index (χ3v) is 0.744. The maximum Gasteiger partial charge on any atom is 0.443 e. The summed E-state index contributed by atoms with van der Waals surface area (Å²) in [6, 6.07) is 0. The zero-order valence-corrected chi connectivity index (χ0v) is 49.8. The average Bonchev–Trinajstić information content (AvgIpc) is 2.02. The summed E-state index contributed by atoms with van der Waals surface area (Å²) in [5, 5.41) is 0. The summed E-state index contributed by atoms with van der Waals surface area (Å²) in [6.45, 7) is 0.891. The van der Waals surface area contributed by atoms with Gasteiger partial charge in [-0.15, -0.1) is 0 Å². The molecule has 15 heteroatoms. The van der Waals surface area contributed by atoms with E-state index >= 15 is 0 Å². The molecule has 0 atom stereocenters. The molecular weight excluding hydrogens is 1840 g/mol. The molecule has 0 fully saturated rings. The Hall–Kier alpha value is -7.41. The smallest absolute Gasteiger partial charge is 0.443 e. The first kappa shape index (κ1) is 68.9. The average molecular weight is 1840 g/mol. The molecule has 21 heavy (non-hydrogen) atoms. The van der Waals surface area contributed by atoms with Crippen molar-refractivity contribution >= 4 is 0 Å². The molecule has 102 valence electrons. The fourth-order valence-electron chi connectivity index (χ4n) is 0.124. The zero-order chi connectivity index (χ0) is 12.8. The van der Waals surface area contributed by atoms with Crippen molar-refractivity contribution in [3.05, 3.63) is 35.0 Å². The van der Waals surface area contributed by atoms with Gasteiger partial charge in [0.05, 0.1) is 5.95 Å². The van der Waals surface area contributed by atoms with E-state index in [0.717, 1.165) is 6.92 Å². The van der Waals surface area contributed by atoms with Crippen LogP contribution in [0.25, 0.3) is 11.5 Å². The van der Waals surface area contributed by atoms with Gasteiger partial charge >= 0.3 is 6.18 Å². The van der Waals surface area contributed by atoms with Crippen molar-refractivity contribution in [3.8, 4) is 0 Å². The van der Waals surface area contributed by atoms with E-state index in [4.69, 9.17) is 11.5 Å². The number of hydrogen-bond acceptors (Lipinski definition) is 0. The van der Waals surface area contributed by atoms with Gasteiger partial charge in [0.25, 0.3) is 0 Å². The van der Waals surface area contributed by atoms with Crippen LogP contribution in [0.2, 0.25) is 0 Å². The molecule has 0 unspecified atom stereocenters. The van der Waals surface area contributed by atoms with E-state index in [1.54, 1.807) is 0 Å². The maximum absolute atomic E-state index is 11.2. The summed E-state index contributed by atoms with van der Waals surface area (Å²) in [5.41, 5.74) is 11.4. The van der Waals surface area contributed by atoms with Crippen LogP contribution in [0.15, 0.2) is 23.6 Å². The molecule has 0 aliphatic heterocycles. The van der Waals surface area contributed by atoms with Gasteiger partial charge < -0.3 is 11.5 Å². The van der Waals surface area contributed by atoms with Crippen LogP contribution < -0.4 is 0 Å². The third kappa shape index (κ3) is 32.5. The summed E-state index contributed by atoms with van der Waals surface area (Å²) in [4.78, 5) is 0. The van der Waals surface area contributed by atoms with Gasteiger partial charge in [-0.2, -0.15) is 13.2 Å². The number of halogens is 7. The van der Waals surface area contributed by atoms with E-state index in [0.29, 0.717) is 0 Å². The SMILES string of the molecule is C/C(F)=C(\[NH-])F.[NH-]/C(F)=C(\F)C(F)(F)F.[Rf].[Rf].[Rf].[Rf].[Rf].[Rf]. The van der Waals surface area contributed by atoms with E-state index in [1.807, 2.05) is 0 Å². The Kier molecular flexibility index (Phi) is 49.5. The van der Waals surface area contributed by atoms with E-state index in [1.165, 1.54) is 0 Å². The number of allylic oxidation sites excluding steroid dienone is 2. The molecule has 0 heterocycles. The van der Waals surface area contributed by atoms with Crippen LogP contribution in [-0.4, -0.2) is 6.18 Å². The Balaban J connectivity index is -0.0000000217. The van der Waals surface area contributed by atoms with Crippen LogP contribution in [0, 0.1) is 0 Å². The van der Waals surface area contributed by atoms with Gasteiger partial charge in [0.2, 0.25) is 5.83 Å². The monoisotopic (exact) mass is 1840 g/mol. The number of alkyl halides is 3. The zero-order valence-electron chi connectivity index (χ0n) is 11.4. The molecule has 2 N–H and O–H groups in total. The molecule has 0 aromatic rings. The van der Waals surface area contributed by atoms with Crippen LogP contribution in [0.3, 0.4) is 0 Å². The molecule has 0 bridgehead atoms. The van der Waals surface area contributed by atoms with E-state index in [-0.39, 0.29) is 0 Å². The van der Waals surface area contributed by atoms with Crippen LogP contribution >= 0.6 is 0 Å². The fourth-order valence-corrected chi connectivity index (χ4v) is 0.124. The normalized spacial score (nSPS) is 10.5. The van der Waals surface area contributed by atoms with E-state index in [2.05, 4.69) is 0 Å². The summed E-state index contributed by atoms with van der Waals surface area (Å²) in [6.07, 6.45) is -5.37. The Morgan fingerprint density at radius 2 is 0.857 bits per heavy atom. The van der Waals surface area contributed by atoms with Crippen LogP contribution in [-0.2, 0) is 0 Å². The Morgan fingerprint density at radius 1 is 0.667 bits per heavy atom. The quantitative estimate of drug-likeness (QED) is 0.246.